The molecule has 3 aromatic rings. The second-order valence-corrected chi connectivity index (χ2v) is 19.8. The van der Waals surface area contributed by atoms with Gasteiger partial charge in [-0.2, -0.15) is 0 Å². The van der Waals surface area contributed by atoms with Gasteiger partial charge in [-0.25, -0.2) is 13.4 Å². The molecule has 12 nitrogen and oxygen atoms in total. The maximum absolute atomic E-state index is 14.8. The third-order valence-corrected chi connectivity index (χ3v) is 15.2. The maximum Gasteiger partial charge on any atom is 0.306 e. The van der Waals surface area contributed by atoms with Crippen LogP contribution in [0.4, 0.5) is 0 Å². The van der Waals surface area contributed by atoms with Crippen LogP contribution in [0.2, 0.25) is 0 Å². The number of ether oxygens (including phenoxy) is 3. The van der Waals surface area contributed by atoms with E-state index in [1.54, 1.807) is 12.0 Å². The zero-order valence-corrected chi connectivity index (χ0v) is 35.1. The Morgan fingerprint density at radius 1 is 0.949 bits per heavy atom. The van der Waals surface area contributed by atoms with Crippen LogP contribution in [-0.2, 0) is 40.4 Å². The molecule has 0 spiro atoms. The summed E-state index contributed by atoms with van der Waals surface area (Å²) in [6, 6.07) is 14.8. The number of cyclic esters (lactones) is 1. The minimum atomic E-state index is -3.83. The van der Waals surface area contributed by atoms with E-state index in [1.165, 1.54) is 0 Å². The zero-order chi connectivity index (χ0) is 41.3. The lowest BCUT2D eigenvalue weighted by molar-refractivity contribution is -0.151. The smallest absolute Gasteiger partial charge is 0.306 e. The molecule has 13 heteroatoms. The molecule has 5 aliphatic rings. The number of amides is 2. The Morgan fingerprint density at radius 3 is 2.47 bits per heavy atom. The lowest BCUT2D eigenvalue weighted by Crippen LogP contribution is -2.46. The molecule has 0 radical (unpaired) electrons. The Labute approximate surface area is 347 Å². The van der Waals surface area contributed by atoms with Crippen molar-refractivity contribution < 1.29 is 41.8 Å². The quantitative estimate of drug-likeness (QED) is 0.263. The number of pyridine rings is 1. The van der Waals surface area contributed by atoms with Gasteiger partial charge in [0.15, 0.2) is 5.78 Å². The topological polar surface area (TPSA) is 158 Å². The highest BCUT2D eigenvalue weighted by Gasteiger charge is 2.62. The molecular formula is C46H57N3O9S. The van der Waals surface area contributed by atoms with Gasteiger partial charge in [-0.1, -0.05) is 69.4 Å². The average Bonchev–Trinajstić information content (AvgIpc) is 4.15. The first-order chi connectivity index (χ1) is 28.4. The molecule has 3 aliphatic heterocycles. The molecule has 2 amide bonds. The van der Waals surface area contributed by atoms with Gasteiger partial charge in [-0.3, -0.25) is 23.9 Å². The number of carbonyl (C=O) groups is 4. The first kappa shape index (κ1) is 41.2. The summed E-state index contributed by atoms with van der Waals surface area (Å²) in [4.78, 5) is 63.6. The van der Waals surface area contributed by atoms with Crippen molar-refractivity contribution in [1.82, 2.24) is 14.6 Å². The normalized spacial score (nSPS) is 28.7. The van der Waals surface area contributed by atoms with Crippen LogP contribution in [0, 0.1) is 23.2 Å². The van der Waals surface area contributed by atoms with E-state index in [1.807, 2.05) is 42.5 Å². The van der Waals surface area contributed by atoms with Crippen LogP contribution in [0.1, 0.15) is 109 Å². The van der Waals surface area contributed by atoms with Crippen LogP contribution in [0.5, 0.6) is 11.5 Å². The molecule has 1 aromatic heterocycles. The fraction of sp³-hybridized carbons (Fsp3) is 0.587. The molecular weight excluding hydrogens is 771 g/mol. The summed E-state index contributed by atoms with van der Waals surface area (Å²) in [5.41, 5.74) is 2.12. The summed E-state index contributed by atoms with van der Waals surface area (Å²) in [5.74, 6) is -1.06. The summed E-state index contributed by atoms with van der Waals surface area (Å²) in [7, 11) is -2.18. The van der Waals surface area contributed by atoms with E-state index in [0.717, 1.165) is 74.3 Å². The number of esters is 1. The minimum absolute atomic E-state index is 0.0882. The molecule has 5 bridgehead atoms. The van der Waals surface area contributed by atoms with Gasteiger partial charge in [0.25, 0.3) is 0 Å². The number of hydrogen-bond acceptors (Lipinski definition) is 10. The molecule has 59 heavy (non-hydrogen) atoms. The molecule has 8 rings (SSSR count). The van der Waals surface area contributed by atoms with Crippen molar-refractivity contribution in [1.29, 1.82) is 0 Å². The zero-order valence-electron chi connectivity index (χ0n) is 34.3. The van der Waals surface area contributed by atoms with Gasteiger partial charge in [-0.15, -0.1) is 0 Å². The van der Waals surface area contributed by atoms with Gasteiger partial charge in [-0.05, 0) is 74.8 Å². The number of aromatic nitrogens is 1. The van der Waals surface area contributed by atoms with E-state index in [4.69, 9.17) is 19.2 Å². The largest absolute Gasteiger partial charge is 0.496 e. The minimum Gasteiger partial charge on any atom is -0.496 e. The third kappa shape index (κ3) is 9.15. The number of carbonyl (C=O) groups excluding carboxylic acids is 4. The number of ketones is 1. The molecule has 0 unspecified atom stereocenters. The fourth-order valence-electron chi connectivity index (χ4n) is 9.65. The van der Waals surface area contributed by atoms with Crippen LogP contribution in [0.3, 0.4) is 0 Å². The SMILES string of the molecule is COc1cc2nc(-c3ccccc3)cc3c2cc1CCC[C@H](C)COC(=O)C[C@H]1CCCCCCC[C@H]2C[C@@]2(C(=O)NS(=O)(=O)C2CC2)CC(=O)[C@@H]2C[C@H](CN2C1=O)O3. The van der Waals surface area contributed by atoms with Gasteiger partial charge in [0.05, 0.1) is 54.6 Å². The Balaban J connectivity index is 1.18. The van der Waals surface area contributed by atoms with Crippen LogP contribution < -0.4 is 14.2 Å². The molecule has 1 N–H and O–H groups in total. The van der Waals surface area contributed by atoms with Gasteiger partial charge in [0.1, 0.15) is 17.6 Å². The van der Waals surface area contributed by atoms with Crippen molar-refractivity contribution in [3.63, 3.8) is 0 Å². The summed E-state index contributed by atoms with van der Waals surface area (Å²) >= 11 is 0. The van der Waals surface area contributed by atoms with E-state index in [9.17, 15) is 27.6 Å². The Bertz CT molecular complexity index is 2190. The first-order valence-electron chi connectivity index (χ1n) is 21.7. The predicted octanol–water partition coefficient (Wildman–Crippen LogP) is 7.10. The van der Waals surface area contributed by atoms with E-state index in [0.29, 0.717) is 48.4 Å². The Hall–Kier alpha value is -4.52. The number of Topliss-reactive ketones (excluding diaryl/α,β-unsaturated/α-hetero) is 1. The number of aryl methyl sites for hydroxylation is 1. The van der Waals surface area contributed by atoms with Crippen molar-refractivity contribution in [3.8, 4) is 22.8 Å². The van der Waals surface area contributed by atoms with Crippen molar-refractivity contribution in [2.75, 3.05) is 20.3 Å². The molecule has 316 valence electrons. The van der Waals surface area contributed by atoms with Gasteiger partial charge in [0.2, 0.25) is 21.8 Å². The fourth-order valence-corrected chi connectivity index (χ4v) is 11.0. The second kappa shape index (κ2) is 17.2. The van der Waals surface area contributed by atoms with E-state index < -0.39 is 50.6 Å². The van der Waals surface area contributed by atoms with Crippen LogP contribution in [0.25, 0.3) is 22.2 Å². The van der Waals surface area contributed by atoms with Gasteiger partial charge in [0, 0.05) is 41.8 Å². The molecule has 4 fully saturated rings. The van der Waals surface area contributed by atoms with Crippen LogP contribution in [0.15, 0.2) is 48.5 Å². The number of sulfonamides is 1. The summed E-state index contributed by atoms with van der Waals surface area (Å²) in [5, 5.41) is 0.213. The van der Waals surface area contributed by atoms with Crippen molar-refractivity contribution in [2.24, 2.45) is 23.2 Å². The van der Waals surface area contributed by atoms with Crippen molar-refractivity contribution in [2.45, 2.75) is 127 Å². The number of nitrogens with one attached hydrogen (secondary N) is 1. The second-order valence-electron chi connectivity index (χ2n) is 17.8. The predicted molar refractivity (Wildman–Crippen MR) is 222 cm³/mol. The van der Waals surface area contributed by atoms with Crippen LogP contribution >= 0.6 is 0 Å². The Kier molecular flexibility index (Phi) is 12.0. The number of benzene rings is 2. The van der Waals surface area contributed by atoms with Crippen molar-refractivity contribution >= 4 is 44.5 Å². The monoisotopic (exact) mass is 827 g/mol. The number of nitrogens with zero attached hydrogens (tertiary/aromatic N) is 2. The molecule has 6 atom stereocenters. The molecule has 2 aliphatic carbocycles. The molecule has 2 saturated heterocycles. The lowest BCUT2D eigenvalue weighted by atomic mass is 9.90. The number of hydrogen-bond donors (Lipinski definition) is 1. The molecule has 4 heterocycles. The molecule has 2 saturated carbocycles. The highest BCUT2D eigenvalue weighted by atomic mass is 32.2. The highest BCUT2D eigenvalue weighted by molar-refractivity contribution is 7.90. The lowest BCUT2D eigenvalue weighted by Gasteiger charge is -2.29. The van der Waals surface area contributed by atoms with E-state index in [2.05, 4.69) is 17.7 Å². The molecule has 2 aromatic carbocycles. The van der Waals surface area contributed by atoms with Crippen molar-refractivity contribution in [3.05, 3.63) is 54.1 Å². The van der Waals surface area contributed by atoms with Gasteiger partial charge < -0.3 is 19.1 Å². The van der Waals surface area contributed by atoms with Gasteiger partial charge >= 0.3 is 5.97 Å². The summed E-state index contributed by atoms with van der Waals surface area (Å²) < 4.78 is 46.9. The van der Waals surface area contributed by atoms with Crippen LogP contribution in [-0.4, -0.2) is 79.5 Å². The standard InChI is InChI=1S/C46H57N3O9S/c1-29-12-11-16-31-20-36-38(24-41(31)56-2)47-37(30-13-8-6-9-14-30)23-42(36)58-34-22-39-40(50)26-46(45(53)48-59(54,55)35-18-19-35)25-33(46)17-10-5-3-4-7-15-32(21-43(51)57-28-29)44(52)49(39)27-34/h6,8-9,13-14,20,23-24,29,32-35,39H,3-5,7,10-12,15-19,21-22,25-28H2,1-2H3,(H,48,53)/t29-,32+,33-,34+,39-,46+/m0/s1. The first-order valence-corrected chi connectivity index (χ1v) is 23.3. The number of rotatable bonds is 5. The number of methoxy groups -OCH3 is 1. The van der Waals surface area contributed by atoms with E-state index in [-0.39, 0.29) is 55.9 Å². The Morgan fingerprint density at radius 2 is 1.71 bits per heavy atom. The number of fused-ring (bicyclic) bond motifs is 4. The average molecular weight is 828 g/mol. The highest BCUT2D eigenvalue weighted by Crippen LogP contribution is 2.59. The maximum atomic E-state index is 14.8. The summed E-state index contributed by atoms with van der Waals surface area (Å²) in [6.07, 6.45) is 8.71. The third-order valence-electron chi connectivity index (χ3n) is 13.4. The summed E-state index contributed by atoms with van der Waals surface area (Å²) in [6.45, 7) is 2.40. The van der Waals surface area contributed by atoms with E-state index >= 15 is 0 Å².